The Bertz CT molecular complexity index is 1420. The lowest BCUT2D eigenvalue weighted by molar-refractivity contribution is 0.160. The van der Waals surface area contributed by atoms with Gasteiger partial charge in [0.25, 0.3) is 0 Å². The zero-order valence-electron chi connectivity index (χ0n) is 20.7. The average Bonchev–Trinajstić information content (AvgIpc) is 3.32. The van der Waals surface area contributed by atoms with Gasteiger partial charge in [-0.15, -0.1) is 0 Å². The van der Waals surface area contributed by atoms with Gasteiger partial charge in [0.2, 0.25) is 5.88 Å². The number of aromatic nitrogens is 3. The van der Waals surface area contributed by atoms with Gasteiger partial charge in [0.05, 0.1) is 42.9 Å². The van der Waals surface area contributed by atoms with Crippen molar-refractivity contribution in [3.8, 4) is 45.8 Å². The van der Waals surface area contributed by atoms with Crippen LogP contribution in [0.5, 0.6) is 17.4 Å². The minimum absolute atomic E-state index is 0.0316. The fraction of sp³-hybridized carbons (Fsp3) is 0.321. The molecule has 36 heavy (non-hydrogen) atoms. The van der Waals surface area contributed by atoms with Crippen molar-refractivity contribution in [2.45, 2.75) is 38.9 Å². The van der Waals surface area contributed by atoms with E-state index in [0.29, 0.717) is 22.9 Å². The molecule has 0 saturated carbocycles. The largest absolute Gasteiger partial charge is 0.493 e. The van der Waals surface area contributed by atoms with Gasteiger partial charge in [-0.25, -0.2) is 4.98 Å². The van der Waals surface area contributed by atoms with E-state index in [1.165, 1.54) is 0 Å². The quantitative estimate of drug-likeness (QED) is 0.377. The number of aromatic amines is 1. The monoisotopic (exact) mass is 483 g/mol. The van der Waals surface area contributed by atoms with Crippen molar-refractivity contribution in [2.24, 2.45) is 0 Å². The molecule has 2 aromatic carbocycles. The summed E-state index contributed by atoms with van der Waals surface area (Å²) < 4.78 is 17.5. The third-order valence-corrected chi connectivity index (χ3v) is 6.21. The third kappa shape index (κ3) is 4.83. The van der Waals surface area contributed by atoms with E-state index >= 15 is 0 Å². The summed E-state index contributed by atoms with van der Waals surface area (Å²) in [5, 5.41) is 14.2. The van der Waals surface area contributed by atoms with Crippen LogP contribution in [0.1, 0.15) is 32.3 Å². The molecule has 0 bridgehead atoms. The lowest BCUT2D eigenvalue weighted by Crippen LogP contribution is -2.37. The first-order valence-corrected chi connectivity index (χ1v) is 12.2. The molecule has 0 amide bonds. The highest BCUT2D eigenvalue weighted by molar-refractivity contribution is 5.97. The lowest BCUT2D eigenvalue weighted by atomic mass is 9.97. The number of nitrogens with zero attached hydrogens (tertiary/aromatic N) is 3. The molecule has 1 aliphatic rings. The normalized spacial score (nSPS) is 15.6. The van der Waals surface area contributed by atoms with Crippen LogP contribution in [-0.2, 0) is 0 Å². The van der Waals surface area contributed by atoms with Crippen molar-refractivity contribution in [3.63, 3.8) is 0 Å². The minimum atomic E-state index is -0.0316. The molecule has 8 nitrogen and oxygen atoms in total. The molecule has 1 fully saturated rings. The Hall–Kier alpha value is -4.09. The van der Waals surface area contributed by atoms with Crippen molar-refractivity contribution in [1.29, 1.82) is 5.26 Å². The number of piperidine rings is 1. The fourth-order valence-corrected chi connectivity index (χ4v) is 4.52. The summed E-state index contributed by atoms with van der Waals surface area (Å²) in [6, 6.07) is 11.9. The number of hydrogen-bond acceptors (Lipinski definition) is 7. The van der Waals surface area contributed by atoms with Crippen LogP contribution < -0.4 is 19.5 Å². The van der Waals surface area contributed by atoms with Crippen LogP contribution in [0.25, 0.3) is 33.3 Å². The van der Waals surface area contributed by atoms with Crippen LogP contribution in [0.4, 0.5) is 0 Å². The molecule has 2 N–H and O–H groups in total. The molecule has 2 aromatic heterocycles. The maximum Gasteiger partial charge on any atom is 0.233 e. The second-order valence-electron chi connectivity index (χ2n) is 9.12. The first-order chi connectivity index (χ1) is 17.6. The number of nitrogens with one attached hydrogen (secondary N) is 2. The predicted molar refractivity (Wildman–Crippen MR) is 138 cm³/mol. The van der Waals surface area contributed by atoms with Crippen molar-refractivity contribution in [1.82, 2.24) is 20.3 Å². The van der Waals surface area contributed by atoms with Gasteiger partial charge in [0.15, 0.2) is 11.5 Å². The summed E-state index contributed by atoms with van der Waals surface area (Å²) in [6.07, 6.45) is 7.48. The molecule has 0 aliphatic carbocycles. The summed E-state index contributed by atoms with van der Waals surface area (Å²) in [5.41, 5.74) is 4.77. The van der Waals surface area contributed by atoms with Gasteiger partial charge in [-0.05, 0) is 57.0 Å². The highest BCUT2D eigenvalue weighted by atomic mass is 16.5. The van der Waals surface area contributed by atoms with Gasteiger partial charge in [0.1, 0.15) is 6.10 Å². The average molecular weight is 484 g/mol. The van der Waals surface area contributed by atoms with E-state index in [0.717, 1.165) is 59.2 Å². The standard InChI is InChI=1S/C28H29N5O3/c1-17(2)35-27-11-21(19(12-29)10-26(27)34-3)18-6-7-24-22(9-18)23(14-32-24)25-15-31-16-28(33-25)36-20-5-4-8-30-13-20/h6-7,9-11,14-17,20,30,32H,4-5,8,13H2,1-3H3. The molecule has 184 valence electrons. The van der Waals surface area contributed by atoms with E-state index in [9.17, 15) is 5.26 Å². The Morgan fingerprint density at radius 1 is 1.11 bits per heavy atom. The van der Waals surface area contributed by atoms with Gasteiger partial charge in [-0.3, -0.25) is 4.98 Å². The van der Waals surface area contributed by atoms with E-state index in [4.69, 9.17) is 19.2 Å². The van der Waals surface area contributed by atoms with Crippen LogP contribution in [0.2, 0.25) is 0 Å². The number of rotatable bonds is 7. The molecule has 4 aromatic rings. The maximum absolute atomic E-state index is 9.85. The number of H-pyrrole nitrogens is 1. The van der Waals surface area contributed by atoms with E-state index in [1.807, 2.05) is 38.2 Å². The smallest absolute Gasteiger partial charge is 0.233 e. The highest BCUT2D eigenvalue weighted by Crippen LogP contribution is 2.38. The topological polar surface area (TPSA) is 105 Å². The van der Waals surface area contributed by atoms with Crippen LogP contribution >= 0.6 is 0 Å². The lowest BCUT2D eigenvalue weighted by Gasteiger charge is -2.23. The summed E-state index contributed by atoms with van der Waals surface area (Å²) >= 11 is 0. The van der Waals surface area contributed by atoms with Crippen LogP contribution in [0.15, 0.2) is 48.9 Å². The first-order valence-electron chi connectivity index (χ1n) is 12.2. The molecule has 0 radical (unpaired) electrons. The van der Waals surface area contributed by atoms with Gasteiger partial charge in [-0.1, -0.05) is 6.07 Å². The van der Waals surface area contributed by atoms with E-state index in [1.54, 1.807) is 25.6 Å². The van der Waals surface area contributed by atoms with E-state index < -0.39 is 0 Å². The maximum atomic E-state index is 9.85. The highest BCUT2D eigenvalue weighted by Gasteiger charge is 2.18. The summed E-state index contributed by atoms with van der Waals surface area (Å²) in [7, 11) is 1.57. The zero-order valence-corrected chi connectivity index (χ0v) is 20.7. The Balaban J connectivity index is 1.54. The summed E-state index contributed by atoms with van der Waals surface area (Å²) in [6.45, 7) is 5.75. The van der Waals surface area contributed by atoms with Gasteiger partial charge in [0, 0.05) is 40.8 Å². The second kappa shape index (κ2) is 10.3. The van der Waals surface area contributed by atoms with E-state index in [-0.39, 0.29) is 12.2 Å². The second-order valence-corrected chi connectivity index (χ2v) is 9.12. The molecule has 1 atom stereocenters. The molecule has 0 spiro atoms. The predicted octanol–water partition coefficient (Wildman–Crippen LogP) is 5.09. The van der Waals surface area contributed by atoms with Gasteiger partial charge in [-0.2, -0.15) is 5.26 Å². The number of ether oxygens (including phenoxy) is 3. The SMILES string of the molecule is COc1cc(C#N)c(-c2ccc3[nH]cc(-c4cncc(OC5CCCNC5)n4)c3c2)cc1OC(C)C. The van der Waals surface area contributed by atoms with Crippen molar-refractivity contribution < 1.29 is 14.2 Å². The number of fused-ring (bicyclic) bond motifs is 1. The Kier molecular flexibility index (Phi) is 6.74. The molecule has 3 heterocycles. The molecule has 8 heteroatoms. The minimum Gasteiger partial charge on any atom is -0.493 e. The summed E-state index contributed by atoms with van der Waals surface area (Å²) in [5.74, 6) is 1.65. The molecular formula is C28H29N5O3. The Morgan fingerprint density at radius 2 is 2.00 bits per heavy atom. The van der Waals surface area contributed by atoms with Crippen LogP contribution in [0.3, 0.4) is 0 Å². The van der Waals surface area contributed by atoms with Crippen LogP contribution in [0, 0.1) is 11.3 Å². The van der Waals surface area contributed by atoms with E-state index in [2.05, 4.69) is 27.4 Å². The molecular weight excluding hydrogens is 454 g/mol. The van der Waals surface area contributed by atoms with Crippen LogP contribution in [-0.4, -0.2) is 47.4 Å². The fourth-order valence-electron chi connectivity index (χ4n) is 4.52. The number of benzene rings is 2. The molecule has 5 rings (SSSR count). The number of nitriles is 1. The van der Waals surface area contributed by atoms with Crippen molar-refractivity contribution >= 4 is 10.9 Å². The van der Waals surface area contributed by atoms with Gasteiger partial charge < -0.3 is 24.5 Å². The number of hydrogen-bond donors (Lipinski definition) is 2. The third-order valence-electron chi connectivity index (χ3n) is 6.21. The van der Waals surface area contributed by atoms with Gasteiger partial charge >= 0.3 is 0 Å². The van der Waals surface area contributed by atoms with Crippen molar-refractivity contribution in [2.75, 3.05) is 20.2 Å². The Labute approximate surface area is 210 Å². The Morgan fingerprint density at radius 3 is 2.75 bits per heavy atom. The number of methoxy groups -OCH3 is 1. The molecule has 1 unspecified atom stereocenters. The van der Waals surface area contributed by atoms with Crippen molar-refractivity contribution in [3.05, 3.63) is 54.5 Å². The summed E-state index contributed by atoms with van der Waals surface area (Å²) in [4.78, 5) is 12.4. The zero-order chi connectivity index (χ0) is 25.1. The molecule has 1 aliphatic heterocycles. The first kappa shape index (κ1) is 23.6. The molecule has 1 saturated heterocycles.